The summed E-state index contributed by atoms with van der Waals surface area (Å²) in [6.07, 6.45) is 8.50. The van der Waals surface area contributed by atoms with Crippen LogP contribution in [0.5, 0.6) is 0 Å². The van der Waals surface area contributed by atoms with E-state index in [2.05, 4.69) is 17.0 Å². The normalized spacial score (nSPS) is 21.8. The van der Waals surface area contributed by atoms with E-state index in [1.54, 1.807) is 6.92 Å². The molecule has 1 aliphatic carbocycles. The Balaban J connectivity index is 1.64. The van der Waals surface area contributed by atoms with Gasteiger partial charge in [0.1, 0.15) is 0 Å². The molecule has 2 fully saturated rings. The minimum absolute atomic E-state index is 0.149. The van der Waals surface area contributed by atoms with E-state index in [0.29, 0.717) is 5.41 Å². The van der Waals surface area contributed by atoms with Gasteiger partial charge in [0.15, 0.2) is 5.78 Å². The van der Waals surface area contributed by atoms with Gasteiger partial charge < -0.3 is 4.90 Å². The molecule has 0 radical (unpaired) electrons. The van der Waals surface area contributed by atoms with Crippen LogP contribution < -0.4 is 4.90 Å². The molecule has 3 rings (SSSR count). The van der Waals surface area contributed by atoms with Crippen LogP contribution in [0.3, 0.4) is 0 Å². The van der Waals surface area contributed by atoms with Crippen LogP contribution in [-0.2, 0) is 0 Å². The van der Waals surface area contributed by atoms with Gasteiger partial charge in [-0.25, -0.2) is 0 Å². The maximum atomic E-state index is 11.3. The van der Waals surface area contributed by atoms with Crippen molar-refractivity contribution in [1.29, 1.82) is 0 Å². The van der Waals surface area contributed by atoms with E-state index in [4.69, 9.17) is 0 Å². The van der Waals surface area contributed by atoms with Crippen molar-refractivity contribution in [2.75, 3.05) is 18.0 Å². The van der Waals surface area contributed by atoms with Crippen LogP contribution in [-0.4, -0.2) is 18.9 Å². The topological polar surface area (TPSA) is 20.3 Å². The number of Topliss-reactive ketones (excluding diaryl/α,β-unsaturated/α-hetero) is 1. The van der Waals surface area contributed by atoms with Gasteiger partial charge in [-0.2, -0.15) is 0 Å². The lowest BCUT2D eigenvalue weighted by Gasteiger charge is -2.51. The van der Waals surface area contributed by atoms with Crippen molar-refractivity contribution in [3.05, 3.63) is 29.8 Å². The summed E-state index contributed by atoms with van der Waals surface area (Å²) in [7, 11) is 0. The number of benzene rings is 1. The van der Waals surface area contributed by atoms with Gasteiger partial charge in [-0.1, -0.05) is 25.7 Å². The second kappa shape index (κ2) is 4.99. The molecule has 0 bridgehead atoms. The first-order chi connectivity index (χ1) is 9.19. The van der Waals surface area contributed by atoms with Crippen molar-refractivity contribution in [3.8, 4) is 0 Å². The zero-order valence-corrected chi connectivity index (χ0v) is 11.8. The number of hydrogen-bond donors (Lipinski definition) is 0. The Morgan fingerprint density at radius 1 is 1.00 bits per heavy atom. The molecule has 1 saturated carbocycles. The van der Waals surface area contributed by atoms with Crippen LogP contribution in [0.2, 0.25) is 0 Å². The van der Waals surface area contributed by atoms with Crippen molar-refractivity contribution in [2.45, 2.75) is 45.4 Å². The van der Waals surface area contributed by atoms with Crippen LogP contribution in [0.15, 0.2) is 24.3 Å². The Labute approximate surface area is 115 Å². The third-order valence-corrected chi connectivity index (χ3v) is 4.86. The highest BCUT2D eigenvalue weighted by Crippen LogP contribution is 2.44. The monoisotopic (exact) mass is 257 g/mol. The summed E-state index contributed by atoms with van der Waals surface area (Å²) in [5.74, 6) is 0.149. The number of hydrogen-bond acceptors (Lipinski definition) is 2. The summed E-state index contributed by atoms with van der Waals surface area (Å²) in [4.78, 5) is 13.7. The molecule has 2 heteroatoms. The molecular formula is C17H23NO. The number of nitrogens with zero attached hydrogens (tertiary/aromatic N) is 1. The molecule has 1 aromatic carbocycles. The molecule has 0 N–H and O–H groups in total. The Bertz CT molecular complexity index is 447. The van der Waals surface area contributed by atoms with Gasteiger partial charge in [0, 0.05) is 29.8 Å². The van der Waals surface area contributed by atoms with E-state index in [1.165, 1.54) is 57.3 Å². The fourth-order valence-corrected chi connectivity index (χ4v) is 3.65. The molecule has 1 heterocycles. The Hall–Kier alpha value is -1.31. The third kappa shape index (κ3) is 2.54. The average Bonchev–Trinajstić information content (AvgIpc) is 2.63. The van der Waals surface area contributed by atoms with Crippen LogP contribution in [0, 0.1) is 5.41 Å². The second-order valence-corrected chi connectivity index (χ2v) is 6.37. The highest BCUT2D eigenvalue weighted by molar-refractivity contribution is 5.94. The van der Waals surface area contributed by atoms with E-state index in [1.807, 2.05) is 12.1 Å². The SMILES string of the molecule is CC(=O)c1ccc(N2CC3(CCCCCC3)C2)cc1. The maximum Gasteiger partial charge on any atom is 0.159 e. The van der Waals surface area contributed by atoms with Crippen molar-refractivity contribution < 1.29 is 4.79 Å². The number of carbonyl (C=O) groups is 1. The highest BCUT2D eigenvalue weighted by atomic mass is 16.1. The lowest BCUT2D eigenvalue weighted by atomic mass is 9.73. The standard InChI is InChI=1S/C17H23NO/c1-14(19)15-6-8-16(9-7-15)18-12-17(13-18)10-4-2-3-5-11-17/h6-9H,2-5,10-13H2,1H3. The summed E-state index contributed by atoms with van der Waals surface area (Å²) < 4.78 is 0. The van der Waals surface area contributed by atoms with Gasteiger partial charge in [-0.15, -0.1) is 0 Å². The van der Waals surface area contributed by atoms with Gasteiger partial charge in [-0.05, 0) is 44.0 Å². The van der Waals surface area contributed by atoms with E-state index < -0.39 is 0 Å². The first-order valence-corrected chi connectivity index (χ1v) is 7.55. The first-order valence-electron chi connectivity index (χ1n) is 7.55. The molecule has 1 aliphatic heterocycles. The smallest absolute Gasteiger partial charge is 0.159 e. The molecular weight excluding hydrogens is 234 g/mol. The predicted octanol–water partition coefficient (Wildman–Crippen LogP) is 4.05. The fourth-order valence-electron chi connectivity index (χ4n) is 3.65. The maximum absolute atomic E-state index is 11.3. The molecule has 102 valence electrons. The number of anilines is 1. The highest BCUT2D eigenvalue weighted by Gasteiger charge is 2.42. The molecule has 0 unspecified atom stereocenters. The molecule has 0 atom stereocenters. The van der Waals surface area contributed by atoms with Crippen LogP contribution in [0.1, 0.15) is 55.8 Å². The fraction of sp³-hybridized carbons (Fsp3) is 0.588. The van der Waals surface area contributed by atoms with Crippen molar-refractivity contribution in [3.63, 3.8) is 0 Å². The van der Waals surface area contributed by atoms with Gasteiger partial charge >= 0.3 is 0 Å². The lowest BCUT2D eigenvalue weighted by Crippen LogP contribution is -2.56. The molecule has 1 spiro atoms. The molecule has 2 aliphatic rings. The van der Waals surface area contributed by atoms with E-state index in [-0.39, 0.29) is 5.78 Å². The Kier molecular flexibility index (Phi) is 3.34. The van der Waals surface area contributed by atoms with Crippen molar-refractivity contribution in [2.24, 2.45) is 5.41 Å². The summed E-state index contributed by atoms with van der Waals surface area (Å²) in [6.45, 7) is 4.05. The second-order valence-electron chi connectivity index (χ2n) is 6.37. The first kappa shape index (κ1) is 12.7. The van der Waals surface area contributed by atoms with E-state index >= 15 is 0 Å². The summed E-state index contributed by atoms with van der Waals surface area (Å²) in [6, 6.07) is 8.10. The van der Waals surface area contributed by atoms with Crippen LogP contribution >= 0.6 is 0 Å². The van der Waals surface area contributed by atoms with Crippen molar-refractivity contribution >= 4 is 11.5 Å². The molecule has 1 saturated heterocycles. The zero-order valence-electron chi connectivity index (χ0n) is 11.8. The predicted molar refractivity (Wildman–Crippen MR) is 78.8 cm³/mol. The summed E-state index contributed by atoms with van der Waals surface area (Å²) in [5.41, 5.74) is 2.70. The largest absolute Gasteiger partial charge is 0.370 e. The van der Waals surface area contributed by atoms with Gasteiger partial charge in [0.25, 0.3) is 0 Å². The lowest BCUT2D eigenvalue weighted by molar-refractivity contribution is 0.101. The number of ketones is 1. The summed E-state index contributed by atoms with van der Waals surface area (Å²) >= 11 is 0. The third-order valence-electron chi connectivity index (χ3n) is 4.86. The number of rotatable bonds is 2. The minimum atomic E-state index is 0.149. The number of carbonyl (C=O) groups excluding carboxylic acids is 1. The average molecular weight is 257 g/mol. The van der Waals surface area contributed by atoms with E-state index in [0.717, 1.165) is 5.56 Å². The van der Waals surface area contributed by atoms with Crippen LogP contribution in [0.25, 0.3) is 0 Å². The molecule has 2 nitrogen and oxygen atoms in total. The molecule has 0 amide bonds. The minimum Gasteiger partial charge on any atom is -0.370 e. The molecule has 1 aromatic rings. The molecule has 19 heavy (non-hydrogen) atoms. The van der Waals surface area contributed by atoms with Gasteiger partial charge in [0.05, 0.1) is 0 Å². The molecule has 0 aromatic heterocycles. The van der Waals surface area contributed by atoms with Crippen molar-refractivity contribution in [1.82, 2.24) is 0 Å². The Morgan fingerprint density at radius 2 is 1.58 bits per heavy atom. The van der Waals surface area contributed by atoms with Crippen LogP contribution in [0.4, 0.5) is 5.69 Å². The van der Waals surface area contributed by atoms with Gasteiger partial charge in [0.2, 0.25) is 0 Å². The quantitative estimate of drug-likeness (QED) is 0.745. The summed E-state index contributed by atoms with van der Waals surface area (Å²) in [5, 5.41) is 0. The van der Waals surface area contributed by atoms with E-state index in [9.17, 15) is 4.79 Å². The Morgan fingerprint density at radius 3 is 2.11 bits per heavy atom. The zero-order chi connectivity index (χ0) is 13.3. The van der Waals surface area contributed by atoms with Gasteiger partial charge in [-0.3, -0.25) is 4.79 Å².